The van der Waals surface area contributed by atoms with E-state index in [0.717, 1.165) is 30.3 Å². The summed E-state index contributed by atoms with van der Waals surface area (Å²) < 4.78 is 0. The van der Waals surface area contributed by atoms with Crippen molar-refractivity contribution >= 4 is 17.2 Å². The summed E-state index contributed by atoms with van der Waals surface area (Å²) in [5.74, 6) is 1.59. The monoisotopic (exact) mass is 223 g/mol. The second-order valence-electron chi connectivity index (χ2n) is 4.47. The number of hydrogen-bond acceptors (Lipinski definition) is 2. The summed E-state index contributed by atoms with van der Waals surface area (Å²) in [7, 11) is 0. The van der Waals surface area contributed by atoms with Gasteiger partial charge in [-0.25, -0.2) is 0 Å². The van der Waals surface area contributed by atoms with Gasteiger partial charge in [0.05, 0.1) is 4.88 Å². The van der Waals surface area contributed by atoms with Crippen LogP contribution in [0.15, 0.2) is 17.5 Å². The molecule has 2 unspecified atom stereocenters. The Morgan fingerprint density at radius 1 is 1.47 bits per heavy atom. The van der Waals surface area contributed by atoms with E-state index in [1.54, 1.807) is 0 Å². The fourth-order valence-corrected chi connectivity index (χ4v) is 2.69. The van der Waals surface area contributed by atoms with Crippen LogP contribution in [0.1, 0.15) is 29.9 Å². The van der Waals surface area contributed by atoms with Gasteiger partial charge in [-0.15, -0.1) is 11.3 Å². The molecular formula is C12H17NOS. The van der Waals surface area contributed by atoms with Crippen LogP contribution in [0.2, 0.25) is 0 Å². The third kappa shape index (κ3) is 2.23. The largest absolute Gasteiger partial charge is 0.338 e. The molecule has 2 rings (SSSR count). The van der Waals surface area contributed by atoms with Crippen LogP contribution < -0.4 is 0 Å². The zero-order valence-corrected chi connectivity index (χ0v) is 10.1. The topological polar surface area (TPSA) is 20.3 Å². The summed E-state index contributed by atoms with van der Waals surface area (Å²) in [6.07, 6.45) is 1.14. The van der Waals surface area contributed by atoms with E-state index in [1.807, 2.05) is 22.4 Å². The maximum absolute atomic E-state index is 12.0. The van der Waals surface area contributed by atoms with Crippen LogP contribution in [0, 0.1) is 11.8 Å². The van der Waals surface area contributed by atoms with E-state index < -0.39 is 0 Å². The molecule has 15 heavy (non-hydrogen) atoms. The van der Waals surface area contributed by atoms with Crippen LogP contribution in [0.25, 0.3) is 0 Å². The lowest BCUT2D eigenvalue weighted by Crippen LogP contribution is -2.41. The summed E-state index contributed by atoms with van der Waals surface area (Å²) in [4.78, 5) is 14.9. The maximum atomic E-state index is 12.0. The van der Waals surface area contributed by atoms with E-state index in [4.69, 9.17) is 0 Å². The van der Waals surface area contributed by atoms with Gasteiger partial charge in [0.1, 0.15) is 0 Å². The predicted molar refractivity (Wildman–Crippen MR) is 63.2 cm³/mol. The molecule has 82 valence electrons. The summed E-state index contributed by atoms with van der Waals surface area (Å²) in [6, 6.07) is 3.85. The fraction of sp³-hybridized carbons (Fsp3) is 0.583. The molecule has 2 nitrogen and oxygen atoms in total. The summed E-state index contributed by atoms with van der Waals surface area (Å²) in [5, 5.41) is 1.96. The zero-order chi connectivity index (χ0) is 10.8. The quantitative estimate of drug-likeness (QED) is 0.717. The first-order valence-corrected chi connectivity index (χ1v) is 6.39. The summed E-state index contributed by atoms with van der Waals surface area (Å²) in [5.41, 5.74) is 0. The molecule has 0 aliphatic carbocycles. The van der Waals surface area contributed by atoms with Crippen molar-refractivity contribution in [1.29, 1.82) is 0 Å². The number of likely N-dealkylation sites (tertiary alicyclic amines) is 1. The smallest absolute Gasteiger partial charge is 0.263 e. The van der Waals surface area contributed by atoms with E-state index >= 15 is 0 Å². The summed E-state index contributed by atoms with van der Waals surface area (Å²) in [6.45, 7) is 6.34. The van der Waals surface area contributed by atoms with Gasteiger partial charge in [0.25, 0.3) is 5.91 Å². The molecule has 2 atom stereocenters. The van der Waals surface area contributed by atoms with Crippen LogP contribution in [-0.4, -0.2) is 23.9 Å². The van der Waals surface area contributed by atoms with Gasteiger partial charge in [0.2, 0.25) is 0 Å². The lowest BCUT2D eigenvalue weighted by atomic mass is 9.88. The predicted octanol–water partition coefficient (Wildman–Crippen LogP) is 2.87. The number of amides is 1. The lowest BCUT2D eigenvalue weighted by molar-refractivity contribution is 0.0632. The SMILES string of the molecule is CC1CCN(C(=O)c2cccs2)CC1C. The second kappa shape index (κ2) is 4.35. The Bertz CT molecular complexity index is 333. The van der Waals surface area contributed by atoms with Gasteiger partial charge in [-0.2, -0.15) is 0 Å². The van der Waals surface area contributed by atoms with E-state index in [-0.39, 0.29) is 5.91 Å². The van der Waals surface area contributed by atoms with Crippen molar-refractivity contribution in [3.63, 3.8) is 0 Å². The van der Waals surface area contributed by atoms with Gasteiger partial charge in [-0.3, -0.25) is 4.79 Å². The average molecular weight is 223 g/mol. The first-order valence-electron chi connectivity index (χ1n) is 5.51. The molecule has 1 aromatic heterocycles. The normalized spacial score (nSPS) is 26.7. The molecule has 0 radical (unpaired) electrons. The molecule has 2 heterocycles. The minimum Gasteiger partial charge on any atom is -0.338 e. The van der Waals surface area contributed by atoms with Crippen LogP contribution >= 0.6 is 11.3 Å². The Kier molecular flexibility index (Phi) is 3.10. The Morgan fingerprint density at radius 2 is 2.27 bits per heavy atom. The average Bonchev–Trinajstić information content (AvgIpc) is 2.74. The Labute approximate surface area is 94.9 Å². The van der Waals surface area contributed by atoms with E-state index in [1.165, 1.54) is 11.3 Å². The van der Waals surface area contributed by atoms with Crippen LogP contribution in [0.5, 0.6) is 0 Å². The van der Waals surface area contributed by atoms with E-state index in [0.29, 0.717) is 5.92 Å². The van der Waals surface area contributed by atoms with Gasteiger partial charge in [-0.1, -0.05) is 19.9 Å². The highest BCUT2D eigenvalue weighted by Crippen LogP contribution is 2.24. The number of hydrogen-bond donors (Lipinski definition) is 0. The van der Waals surface area contributed by atoms with Crippen molar-refractivity contribution in [2.75, 3.05) is 13.1 Å². The summed E-state index contributed by atoms with van der Waals surface area (Å²) >= 11 is 1.54. The molecule has 0 saturated carbocycles. The number of thiophene rings is 1. The molecule has 1 amide bonds. The van der Waals surface area contributed by atoms with Gasteiger partial charge >= 0.3 is 0 Å². The third-order valence-corrected chi connectivity index (χ3v) is 4.21. The zero-order valence-electron chi connectivity index (χ0n) is 9.27. The van der Waals surface area contributed by atoms with Crippen molar-refractivity contribution in [2.45, 2.75) is 20.3 Å². The molecule has 0 N–H and O–H groups in total. The Hall–Kier alpha value is -0.830. The number of carbonyl (C=O) groups is 1. The van der Waals surface area contributed by atoms with Gasteiger partial charge in [0, 0.05) is 13.1 Å². The highest BCUT2D eigenvalue weighted by Gasteiger charge is 2.26. The molecule has 1 fully saturated rings. The van der Waals surface area contributed by atoms with Crippen molar-refractivity contribution in [1.82, 2.24) is 4.90 Å². The van der Waals surface area contributed by atoms with Crippen LogP contribution in [0.4, 0.5) is 0 Å². The lowest BCUT2D eigenvalue weighted by Gasteiger charge is -2.35. The van der Waals surface area contributed by atoms with Gasteiger partial charge < -0.3 is 4.90 Å². The van der Waals surface area contributed by atoms with Crippen molar-refractivity contribution in [2.24, 2.45) is 11.8 Å². The van der Waals surface area contributed by atoms with Crippen LogP contribution in [0.3, 0.4) is 0 Å². The minimum atomic E-state index is 0.212. The number of carbonyl (C=O) groups excluding carboxylic acids is 1. The van der Waals surface area contributed by atoms with Crippen LogP contribution in [-0.2, 0) is 0 Å². The number of nitrogens with zero attached hydrogens (tertiary/aromatic N) is 1. The fourth-order valence-electron chi connectivity index (χ4n) is 2.00. The van der Waals surface area contributed by atoms with Gasteiger partial charge in [0.15, 0.2) is 0 Å². The van der Waals surface area contributed by atoms with Crippen molar-refractivity contribution in [3.8, 4) is 0 Å². The standard InChI is InChI=1S/C12H17NOS/c1-9-5-6-13(8-10(9)2)12(14)11-4-3-7-15-11/h3-4,7,9-10H,5-6,8H2,1-2H3. The highest BCUT2D eigenvalue weighted by molar-refractivity contribution is 7.12. The maximum Gasteiger partial charge on any atom is 0.263 e. The van der Waals surface area contributed by atoms with Crippen molar-refractivity contribution < 1.29 is 4.79 Å². The Morgan fingerprint density at radius 3 is 2.87 bits per heavy atom. The molecule has 0 aromatic carbocycles. The molecule has 1 aliphatic rings. The first-order chi connectivity index (χ1) is 7.18. The molecule has 1 aliphatic heterocycles. The van der Waals surface area contributed by atoms with Crippen molar-refractivity contribution in [3.05, 3.63) is 22.4 Å². The first kappa shape index (κ1) is 10.7. The molecule has 0 spiro atoms. The molecule has 1 saturated heterocycles. The Balaban J connectivity index is 2.03. The molecule has 1 aromatic rings. The highest BCUT2D eigenvalue weighted by atomic mass is 32.1. The molecule has 0 bridgehead atoms. The van der Waals surface area contributed by atoms with E-state index in [2.05, 4.69) is 13.8 Å². The molecular weight excluding hydrogens is 206 g/mol. The minimum absolute atomic E-state index is 0.212. The number of piperidine rings is 1. The second-order valence-corrected chi connectivity index (χ2v) is 5.42. The third-order valence-electron chi connectivity index (χ3n) is 3.35. The number of rotatable bonds is 1. The van der Waals surface area contributed by atoms with Gasteiger partial charge in [-0.05, 0) is 29.7 Å². The molecule has 3 heteroatoms. The van der Waals surface area contributed by atoms with E-state index in [9.17, 15) is 4.79 Å².